The van der Waals surface area contributed by atoms with E-state index in [1.165, 1.54) is 17.7 Å². The molecule has 2 heterocycles. The number of thioether (sulfide) groups is 1. The second-order valence-electron chi connectivity index (χ2n) is 8.33. The van der Waals surface area contributed by atoms with Crippen molar-refractivity contribution in [2.75, 3.05) is 13.2 Å². The second-order valence-corrected chi connectivity index (χ2v) is 9.71. The average Bonchev–Trinajstić information content (AvgIpc) is 3.61. The Labute approximate surface area is 182 Å². The number of pyridine rings is 1. The number of hydrogen-bond acceptors (Lipinski definition) is 5. The van der Waals surface area contributed by atoms with Gasteiger partial charge in [0.2, 0.25) is 0 Å². The normalized spacial score (nSPS) is 18.1. The molecule has 1 aromatic heterocycles. The monoisotopic (exact) mass is 423 g/mol. The van der Waals surface area contributed by atoms with Crippen LogP contribution in [0.2, 0.25) is 0 Å². The quantitative estimate of drug-likeness (QED) is 0.474. The Morgan fingerprint density at radius 1 is 1.00 bits per heavy atom. The molecule has 4 rings (SSSR count). The van der Waals surface area contributed by atoms with Gasteiger partial charge in [0, 0.05) is 48.3 Å². The lowest BCUT2D eigenvalue weighted by Gasteiger charge is -2.26. The van der Waals surface area contributed by atoms with E-state index in [2.05, 4.69) is 29.2 Å². The summed E-state index contributed by atoms with van der Waals surface area (Å²) in [4.78, 5) is 31.0. The van der Waals surface area contributed by atoms with E-state index in [0.29, 0.717) is 11.6 Å². The molecule has 158 valence electrons. The fourth-order valence-corrected chi connectivity index (χ4v) is 5.04. The molecule has 2 aliphatic rings. The van der Waals surface area contributed by atoms with Gasteiger partial charge in [-0.25, -0.2) is 0 Å². The fourth-order valence-electron chi connectivity index (χ4n) is 3.99. The number of nitrogens with zero attached hydrogens (tertiary/aromatic N) is 1. The molecule has 1 saturated heterocycles. The Hall–Kier alpha value is -1.98. The summed E-state index contributed by atoms with van der Waals surface area (Å²) in [6.45, 7) is 1.56. The Morgan fingerprint density at radius 3 is 2.43 bits per heavy atom. The minimum absolute atomic E-state index is 0.0649. The summed E-state index contributed by atoms with van der Waals surface area (Å²) in [7, 11) is 0. The fraction of sp³-hybridized carbons (Fsp3) is 0.480. The second kappa shape index (κ2) is 10.4. The average molecular weight is 424 g/mol. The molecule has 2 fully saturated rings. The van der Waals surface area contributed by atoms with Crippen LogP contribution in [0.25, 0.3) is 0 Å². The summed E-state index contributed by atoms with van der Waals surface area (Å²) >= 11 is 1.93. The van der Waals surface area contributed by atoms with Gasteiger partial charge >= 0.3 is 0 Å². The van der Waals surface area contributed by atoms with E-state index in [9.17, 15) is 9.59 Å². The van der Waals surface area contributed by atoms with Gasteiger partial charge in [-0.15, -0.1) is 11.8 Å². The number of carbonyl (C=O) groups excluding carboxylic acids is 2. The van der Waals surface area contributed by atoms with Crippen molar-refractivity contribution in [3.05, 3.63) is 59.9 Å². The van der Waals surface area contributed by atoms with Crippen molar-refractivity contribution in [1.29, 1.82) is 0 Å². The zero-order chi connectivity index (χ0) is 20.8. The van der Waals surface area contributed by atoms with E-state index in [1.54, 1.807) is 24.4 Å². The number of Topliss-reactive ketones (excluding diaryl/α,β-unsaturated/α-hetero) is 2. The molecule has 0 spiro atoms. The Bertz CT molecular complexity index is 842. The van der Waals surface area contributed by atoms with Gasteiger partial charge in [0.25, 0.3) is 0 Å². The van der Waals surface area contributed by atoms with Crippen molar-refractivity contribution in [2.24, 2.45) is 5.92 Å². The molecule has 1 atom stereocenters. The SMILES string of the molecule is O=C(CCC(=O)C(CC1CCOCC1)c1ccc(SC2CC2)cc1)c1ccccn1. The summed E-state index contributed by atoms with van der Waals surface area (Å²) in [6.07, 6.45) is 7.57. The number of rotatable bonds is 10. The molecular formula is C25H29NO3S. The van der Waals surface area contributed by atoms with Crippen molar-refractivity contribution in [1.82, 2.24) is 4.98 Å². The molecule has 0 amide bonds. The van der Waals surface area contributed by atoms with Crippen molar-refractivity contribution in [3.8, 4) is 0 Å². The molecule has 1 unspecified atom stereocenters. The first kappa shape index (κ1) is 21.3. The minimum Gasteiger partial charge on any atom is -0.381 e. The molecule has 0 radical (unpaired) electrons. The van der Waals surface area contributed by atoms with Crippen LogP contribution >= 0.6 is 11.8 Å². The lowest BCUT2D eigenvalue weighted by Crippen LogP contribution is -2.22. The third-order valence-corrected chi connectivity index (χ3v) is 7.31. The maximum absolute atomic E-state index is 13.2. The Morgan fingerprint density at radius 2 is 1.77 bits per heavy atom. The van der Waals surface area contributed by atoms with E-state index in [0.717, 1.165) is 43.3 Å². The van der Waals surface area contributed by atoms with E-state index < -0.39 is 0 Å². The van der Waals surface area contributed by atoms with Gasteiger partial charge in [-0.3, -0.25) is 14.6 Å². The summed E-state index contributed by atoms with van der Waals surface area (Å²) in [5.41, 5.74) is 1.52. The van der Waals surface area contributed by atoms with Crippen molar-refractivity contribution < 1.29 is 14.3 Å². The van der Waals surface area contributed by atoms with E-state index in [-0.39, 0.29) is 30.3 Å². The number of aromatic nitrogens is 1. The molecule has 4 nitrogen and oxygen atoms in total. The molecule has 30 heavy (non-hydrogen) atoms. The molecule has 2 aromatic rings. The van der Waals surface area contributed by atoms with Crippen LogP contribution in [0.5, 0.6) is 0 Å². The highest BCUT2D eigenvalue weighted by Crippen LogP contribution is 2.40. The van der Waals surface area contributed by atoms with Crippen LogP contribution in [0.3, 0.4) is 0 Å². The Kier molecular flexibility index (Phi) is 7.34. The predicted molar refractivity (Wildman–Crippen MR) is 119 cm³/mol. The number of carbonyl (C=O) groups is 2. The van der Waals surface area contributed by atoms with Gasteiger partial charge in [-0.1, -0.05) is 18.2 Å². The number of hydrogen-bond donors (Lipinski definition) is 0. The molecule has 1 saturated carbocycles. The lowest BCUT2D eigenvalue weighted by molar-refractivity contribution is -0.121. The van der Waals surface area contributed by atoms with Crippen LogP contribution in [0, 0.1) is 5.92 Å². The predicted octanol–water partition coefficient (Wildman–Crippen LogP) is 5.47. The van der Waals surface area contributed by atoms with Gasteiger partial charge in [0.15, 0.2) is 5.78 Å². The van der Waals surface area contributed by atoms with Crippen LogP contribution in [-0.4, -0.2) is 35.0 Å². The van der Waals surface area contributed by atoms with Gasteiger partial charge in [0.05, 0.1) is 0 Å². The highest BCUT2D eigenvalue weighted by molar-refractivity contribution is 8.00. The highest BCUT2D eigenvalue weighted by Gasteiger charge is 2.27. The first-order valence-electron chi connectivity index (χ1n) is 11.0. The first-order chi connectivity index (χ1) is 14.7. The van der Waals surface area contributed by atoms with Crippen molar-refractivity contribution in [2.45, 2.75) is 61.0 Å². The van der Waals surface area contributed by atoms with Gasteiger partial charge in [-0.05, 0) is 67.9 Å². The summed E-state index contributed by atoms with van der Waals surface area (Å²) in [5.74, 6) is 0.447. The molecule has 1 aliphatic heterocycles. The topological polar surface area (TPSA) is 56.3 Å². The molecule has 5 heteroatoms. The van der Waals surface area contributed by atoms with E-state index >= 15 is 0 Å². The van der Waals surface area contributed by atoms with Crippen molar-refractivity contribution in [3.63, 3.8) is 0 Å². The van der Waals surface area contributed by atoms with Gasteiger partial charge in [0.1, 0.15) is 11.5 Å². The van der Waals surface area contributed by atoms with Crippen LogP contribution in [0.1, 0.15) is 66.9 Å². The zero-order valence-electron chi connectivity index (χ0n) is 17.3. The van der Waals surface area contributed by atoms with Crippen molar-refractivity contribution >= 4 is 23.3 Å². The molecule has 0 N–H and O–H groups in total. The lowest BCUT2D eigenvalue weighted by atomic mass is 9.81. The highest BCUT2D eigenvalue weighted by atomic mass is 32.2. The summed E-state index contributed by atoms with van der Waals surface area (Å²) < 4.78 is 5.49. The molecule has 1 aromatic carbocycles. The Balaban J connectivity index is 1.43. The molecular weight excluding hydrogens is 394 g/mol. The number of benzene rings is 1. The summed E-state index contributed by atoms with van der Waals surface area (Å²) in [6, 6.07) is 13.8. The zero-order valence-corrected chi connectivity index (χ0v) is 18.1. The maximum atomic E-state index is 13.2. The number of ketones is 2. The van der Waals surface area contributed by atoms with E-state index in [4.69, 9.17) is 4.74 Å². The maximum Gasteiger partial charge on any atom is 0.181 e. The third kappa shape index (κ3) is 6.02. The molecule has 0 bridgehead atoms. The van der Waals surface area contributed by atoms with Gasteiger partial charge in [-0.2, -0.15) is 0 Å². The standard InChI is InChI=1S/C25H29NO3S/c27-24(10-11-25(28)23-3-1-2-14-26-23)22(17-18-12-15-29-16-13-18)19-4-6-20(7-5-19)30-21-8-9-21/h1-7,14,18,21-22H,8-13,15-17H2. The number of ether oxygens (including phenoxy) is 1. The van der Waals surface area contributed by atoms with Crippen LogP contribution in [-0.2, 0) is 9.53 Å². The first-order valence-corrected chi connectivity index (χ1v) is 11.9. The minimum atomic E-state index is -0.149. The third-order valence-electron chi connectivity index (χ3n) is 5.96. The largest absolute Gasteiger partial charge is 0.381 e. The smallest absolute Gasteiger partial charge is 0.181 e. The van der Waals surface area contributed by atoms with Crippen LogP contribution < -0.4 is 0 Å². The van der Waals surface area contributed by atoms with Crippen LogP contribution in [0.15, 0.2) is 53.6 Å². The molecule has 1 aliphatic carbocycles. The van der Waals surface area contributed by atoms with E-state index in [1.807, 2.05) is 11.8 Å². The summed E-state index contributed by atoms with van der Waals surface area (Å²) in [5, 5.41) is 0.771. The van der Waals surface area contributed by atoms with Gasteiger partial charge < -0.3 is 4.74 Å². The van der Waals surface area contributed by atoms with Crippen LogP contribution in [0.4, 0.5) is 0 Å².